The van der Waals surface area contributed by atoms with E-state index in [1.165, 1.54) is 25.3 Å². The lowest BCUT2D eigenvalue weighted by molar-refractivity contribution is -0.131. The van der Waals surface area contributed by atoms with Crippen LogP contribution in [-0.2, 0) is 4.79 Å². The Bertz CT molecular complexity index is 206. The molecule has 1 atom stereocenters. The lowest BCUT2D eigenvalue weighted by atomic mass is 9.98. The molecule has 74 valence electrons. The average Bonchev–Trinajstić information content (AvgIpc) is 2.29. The summed E-state index contributed by atoms with van der Waals surface area (Å²) in [5.74, 6) is 0.0321. The lowest BCUT2D eigenvalue weighted by Gasteiger charge is -2.08. The van der Waals surface area contributed by atoms with E-state index in [0.717, 1.165) is 30.8 Å². The smallest absolute Gasteiger partial charge is 0.328 e. The van der Waals surface area contributed by atoms with Gasteiger partial charge in [-0.3, -0.25) is 0 Å². The van der Waals surface area contributed by atoms with Crippen molar-refractivity contribution in [1.82, 2.24) is 0 Å². The molecular weight excluding hydrogens is 164 g/mol. The fourth-order valence-electron chi connectivity index (χ4n) is 2.00. The van der Waals surface area contributed by atoms with E-state index in [2.05, 4.69) is 6.92 Å². The van der Waals surface area contributed by atoms with E-state index in [-0.39, 0.29) is 0 Å². The fourth-order valence-corrected chi connectivity index (χ4v) is 2.00. The molecule has 0 saturated heterocycles. The van der Waals surface area contributed by atoms with Crippen molar-refractivity contribution < 1.29 is 9.90 Å². The summed E-state index contributed by atoms with van der Waals surface area (Å²) in [7, 11) is 0. The molecule has 0 spiro atoms. The van der Waals surface area contributed by atoms with E-state index in [1.54, 1.807) is 0 Å². The van der Waals surface area contributed by atoms with Gasteiger partial charge in [0.15, 0.2) is 0 Å². The number of carboxylic acid groups (broad SMARTS) is 1. The Kier molecular flexibility index (Phi) is 4.00. The van der Waals surface area contributed by atoms with Crippen molar-refractivity contribution in [3.63, 3.8) is 0 Å². The molecule has 0 aromatic rings. The predicted molar refractivity (Wildman–Crippen MR) is 52.6 cm³/mol. The van der Waals surface area contributed by atoms with Gasteiger partial charge in [0, 0.05) is 6.08 Å². The quantitative estimate of drug-likeness (QED) is 0.526. The number of carboxylic acids is 1. The summed E-state index contributed by atoms with van der Waals surface area (Å²) in [5.41, 5.74) is 1.13. The highest BCUT2D eigenvalue weighted by atomic mass is 16.4. The summed E-state index contributed by atoms with van der Waals surface area (Å²) in [6, 6.07) is 0. The molecule has 1 aliphatic rings. The molecule has 0 aromatic heterocycles. The second-order valence-corrected chi connectivity index (χ2v) is 3.85. The van der Waals surface area contributed by atoms with Crippen LogP contribution in [0, 0.1) is 5.92 Å². The standard InChI is InChI=1S/C11H18O2/c1-2-9-4-3-5-10(7-6-9)8-11(12)13/h8-9H,2-7H2,1H3,(H,12,13). The third kappa shape index (κ3) is 3.62. The highest BCUT2D eigenvalue weighted by Crippen LogP contribution is 2.28. The van der Waals surface area contributed by atoms with Crippen LogP contribution in [0.2, 0.25) is 0 Å². The van der Waals surface area contributed by atoms with Crippen molar-refractivity contribution in [2.75, 3.05) is 0 Å². The minimum Gasteiger partial charge on any atom is -0.478 e. The van der Waals surface area contributed by atoms with E-state index in [1.807, 2.05) is 0 Å². The van der Waals surface area contributed by atoms with Crippen molar-refractivity contribution in [2.45, 2.75) is 45.4 Å². The first-order chi connectivity index (χ1) is 6.22. The largest absolute Gasteiger partial charge is 0.478 e. The van der Waals surface area contributed by atoms with Crippen LogP contribution in [0.5, 0.6) is 0 Å². The molecule has 0 aromatic carbocycles. The zero-order valence-electron chi connectivity index (χ0n) is 8.25. The van der Waals surface area contributed by atoms with Gasteiger partial charge in [0.1, 0.15) is 0 Å². The van der Waals surface area contributed by atoms with Gasteiger partial charge in [-0.15, -0.1) is 0 Å². The van der Waals surface area contributed by atoms with Crippen LogP contribution in [-0.4, -0.2) is 11.1 Å². The number of allylic oxidation sites excluding steroid dienone is 1. The van der Waals surface area contributed by atoms with E-state index < -0.39 is 5.97 Å². The van der Waals surface area contributed by atoms with Gasteiger partial charge in [-0.05, 0) is 31.6 Å². The highest BCUT2D eigenvalue weighted by molar-refractivity contribution is 5.80. The second kappa shape index (κ2) is 5.05. The molecule has 0 bridgehead atoms. The summed E-state index contributed by atoms with van der Waals surface area (Å²) in [6.07, 6.45) is 8.23. The molecule has 2 heteroatoms. The molecule has 1 N–H and O–H groups in total. The summed E-state index contributed by atoms with van der Waals surface area (Å²) in [4.78, 5) is 10.5. The Balaban J connectivity index is 2.49. The summed E-state index contributed by atoms with van der Waals surface area (Å²) in [5, 5.41) is 8.60. The molecule has 0 radical (unpaired) electrons. The number of hydrogen-bond acceptors (Lipinski definition) is 1. The molecule has 0 aliphatic heterocycles. The van der Waals surface area contributed by atoms with Crippen molar-refractivity contribution in [2.24, 2.45) is 5.92 Å². The second-order valence-electron chi connectivity index (χ2n) is 3.85. The molecule has 1 saturated carbocycles. The Hall–Kier alpha value is -0.790. The van der Waals surface area contributed by atoms with E-state index >= 15 is 0 Å². The van der Waals surface area contributed by atoms with Crippen LogP contribution in [0.4, 0.5) is 0 Å². The maximum absolute atomic E-state index is 10.5. The van der Waals surface area contributed by atoms with E-state index in [4.69, 9.17) is 5.11 Å². The Morgan fingerprint density at radius 2 is 2.31 bits per heavy atom. The fraction of sp³-hybridized carbons (Fsp3) is 0.727. The topological polar surface area (TPSA) is 37.3 Å². The predicted octanol–water partition coefficient (Wildman–Crippen LogP) is 2.99. The Morgan fingerprint density at radius 3 is 2.92 bits per heavy atom. The normalized spacial score (nSPS) is 27.2. The molecule has 2 nitrogen and oxygen atoms in total. The van der Waals surface area contributed by atoms with Crippen molar-refractivity contribution in [1.29, 1.82) is 0 Å². The van der Waals surface area contributed by atoms with Gasteiger partial charge in [0.25, 0.3) is 0 Å². The number of hydrogen-bond donors (Lipinski definition) is 1. The van der Waals surface area contributed by atoms with Crippen LogP contribution < -0.4 is 0 Å². The first kappa shape index (κ1) is 10.3. The van der Waals surface area contributed by atoms with E-state index in [9.17, 15) is 4.79 Å². The number of carbonyl (C=O) groups is 1. The van der Waals surface area contributed by atoms with Gasteiger partial charge in [0.2, 0.25) is 0 Å². The SMILES string of the molecule is CCC1CCCC(=CC(=O)O)CC1. The van der Waals surface area contributed by atoms with Gasteiger partial charge < -0.3 is 5.11 Å². The zero-order valence-corrected chi connectivity index (χ0v) is 8.25. The molecule has 1 fully saturated rings. The van der Waals surface area contributed by atoms with Crippen LogP contribution in [0.15, 0.2) is 11.6 Å². The number of aliphatic carboxylic acids is 1. The zero-order chi connectivity index (χ0) is 9.68. The average molecular weight is 182 g/mol. The summed E-state index contributed by atoms with van der Waals surface area (Å²) in [6.45, 7) is 2.22. The van der Waals surface area contributed by atoms with Crippen LogP contribution >= 0.6 is 0 Å². The maximum Gasteiger partial charge on any atom is 0.328 e. The van der Waals surface area contributed by atoms with Crippen molar-refractivity contribution in [3.8, 4) is 0 Å². The Labute approximate surface area is 79.6 Å². The van der Waals surface area contributed by atoms with Gasteiger partial charge in [-0.1, -0.05) is 25.3 Å². The van der Waals surface area contributed by atoms with Gasteiger partial charge in [-0.25, -0.2) is 4.79 Å². The molecular formula is C11H18O2. The molecule has 1 unspecified atom stereocenters. The molecule has 1 aliphatic carbocycles. The van der Waals surface area contributed by atoms with E-state index in [0.29, 0.717) is 0 Å². The third-order valence-electron chi connectivity index (χ3n) is 2.89. The molecule has 13 heavy (non-hydrogen) atoms. The molecule has 1 rings (SSSR count). The van der Waals surface area contributed by atoms with Crippen LogP contribution in [0.3, 0.4) is 0 Å². The van der Waals surface area contributed by atoms with Gasteiger partial charge in [-0.2, -0.15) is 0 Å². The van der Waals surface area contributed by atoms with Crippen LogP contribution in [0.25, 0.3) is 0 Å². The first-order valence-electron chi connectivity index (χ1n) is 5.14. The highest BCUT2D eigenvalue weighted by Gasteiger charge is 2.13. The number of rotatable bonds is 2. The Morgan fingerprint density at radius 1 is 1.54 bits per heavy atom. The molecule has 0 heterocycles. The lowest BCUT2D eigenvalue weighted by Crippen LogP contribution is -1.95. The third-order valence-corrected chi connectivity index (χ3v) is 2.89. The monoisotopic (exact) mass is 182 g/mol. The van der Waals surface area contributed by atoms with Crippen molar-refractivity contribution >= 4 is 5.97 Å². The molecule has 0 amide bonds. The van der Waals surface area contributed by atoms with Gasteiger partial charge in [0.05, 0.1) is 0 Å². The van der Waals surface area contributed by atoms with Crippen molar-refractivity contribution in [3.05, 3.63) is 11.6 Å². The minimum atomic E-state index is -0.787. The minimum absolute atomic E-state index is 0.787. The van der Waals surface area contributed by atoms with Gasteiger partial charge >= 0.3 is 5.97 Å². The first-order valence-corrected chi connectivity index (χ1v) is 5.14. The van der Waals surface area contributed by atoms with Crippen LogP contribution in [0.1, 0.15) is 45.4 Å². The summed E-state index contributed by atoms with van der Waals surface area (Å²) >= 11 is 0. The maximum atomic E-state index is 10.5. The summed E-state index contributed by atoms with van der Waals surface area (Å²) < 4.78 is 0.